The van der Waals surface area contributed by atoms with Crippen LogP contribution >= 0.6 is 19.0 Å². The fourth-order valence-corrected chi connectivity index (χ4v) is 3.82. The van der Waals surface area contributed by atoms with E-state index in [4.69, 9.17) is 24.3 Å². The van der Waals surface area contributed by atoms with E-state index in [1.807, 2.05) is 0 Å². The third-order valence-electron chi connectivity index (χ3n) is 3.92. The normalized spacial score (nSPS) is 26.1. The molecule has 12 heteroatoms. The van der Waals surface area contributed by atoms with Crippen molar-refractivity contribution in [3.05, 3.63) is 22.6 Å². The molecule has 0 amide bonds. The van der Waals surface area contributed by atoms with Gasteiger partial charge in [-0.1, -0.05) is 12.2 Å². The first kappa shape index (κ1) is 18.4. The van der Waals surface area contributed by atoms with Crippen LogP contribution in [0.1, 0.15) is 12.6 Å². The van der Waals surface area contributed by atoms with Crippen LogP contribution in [0, 0.1) is 0 Å². The van der Waals surface area contributed by atoms with Gasteiger partial charge in [0.15, 0.2) is 5.65 Å². The first-order chi connectivity index (χ1) is 11.8. The molecule has 2 aromatic heterocycles. The monoisotopic (exact) mass is 390 g/mol. The minimum atomic E-state index is -3.49. The van der Waals surface area contributed by atoms with Crippen molar-refractivity contribution in [2.45, 2.75) is 24.9 Å². The number of methoxy groups -OCH3 is 1. The van der Waals surface area contributed by atoms with Crippen LogP contribution in [0.4, 0.5) is 5.95 Å². The second-order valence-corrected chi connectivity index (χ2v) is 8.51. The summed E-state index contributed by atoms with van der Waals surface area (Å²) in [4.78, 5) is 18.6. The topological polar surface area (TPSA) is 131 Å². The molecule has 138 valence electrons. The Hall–Kier alpha value is -1.36. The summed E-state index contributed by atoms with van der Waals surface area (Å²) in [5.74, 6) is 0.0101. The van der Waals surface area contributed by atoms with Gasteiger partial charge in [0.1, 0.15) is 18.4 Å². The van der Waals surface area contributed by atoms with Crippen LogP contribution in [0.3, 0.4) is 0 Å². The van der Waals surface area contributed by atoms with Gasteiger partial charge in [-0.3, -0.25) is 14.3 Å². The van der Waals surface area contributed by atoms with Crippen molar-refractivity contribution in [1.82, 2.24) is 14.5 Å². The third-order valence-corrected chi connectivity index (χ3v) is 5.69. The molecule has 25 heavy (non-hydrogen) atoms. The van der Waals surface area contributed by atoms with Crippen molar-refractivity contribution in [3.8, 4) is 0 Å². The number of nitrogens with two attached hydrogens (primary N) is 1. The van der Waals surface area contributed by atoms with Gasteiger partial charge in [-0.2, -0.15) is 4.98 Å². The maximum atomic E-state index is 12.0. The Morgan fingerprint density at radius 2 is 2.32 bits per heavy atom. The Morgan fingerprint density at radius 1 is 1.56 bits per heavy atom. The van der Waals surface area contributed by atoms with Crippen LogP contribution in [0.15, 0.2) is 17.1 Å². The van der Waals surface area contributed by atoms with Crippen LogP contribution in [0.5, 0.6) is 0 Å². The van der Waals surface area contributed by atoms with E-state index in [-0.39, 0.29) is 18.1 Å². The summed E-state index contributed by atoms with van der Waals surface area (Å²) in [7, 11) is 2.78. The van der Waals surface area contributed by atoms with Crippen molar-refractivity contribution in [2.24, 2.45) is 0 Å². The van der Waals surface area contributed by atoms with Crippen molar-refractivity contribution in [2.75, 3.05) is 26.6 Å². The van der Waals surface area contributed by atoms with E-state index in [0.29, 0.717) is 17.5 Å². The third kappa shape index (κ3) is 3.76. The molecule has 0 aliphatic carbocycles. The van der Waals surface area contributed by atoms with E-state index in [0.717, 1.165) is 0 Å². The molecular weight excluding hydrogens is 371 g/mol. The maximum absolute atomic E-state index is 12.0. The Labute approximate surface area is 148 Å². The van der Waals surface area contributed by atoms with E-state index in [2.05, 4.69) is 22.2 Å². The molecule has 2 unspecified atom stereocenters. The summed E-state index contributed by atoms with van der Waals surface area (Å²) in [6, 6.07) is 1.63. The summed E-state index contributed by atoms with van der Waals surface area (Å²) in [5.41, 5.74) is 5.68. The molecule has 0 aromatic carbocycles. The van der Waals surface area contributed by atoms with Gasteiger partial charge in [0.2, 0.25) is 5.95 Å². The van der Waals surface area contributed by atoms with Gasteiger partial charge < -0.3 is 24.3 Å². The number of rotatable bonds is 6. The second kappa shape index (κ2) is 7.10. The number of nitrogens with one attached hydrogen (secondary N) is 1. The minimum Gasteiger partial charge on any atom is -0.382 e. The van der Waals surface area contributed by atoms with Gasteiger partial charge in [0, 0.05) is 26.8 Å². The van der Waals surface area contributed by atoms with Gasteiger partial charge >= 0.3 is 6.80 Å². The number of aromatic amines is 1. The number of hydrogen-bond acceptors (Lipinski definition) is 8. The molecule has 1 saturated heterocycles. The van der Waals surface area contributed by atoms with Crippen LogP contribution in [-0.4, -0.2) is 47.6 Å². The zero-order valence-corrected chi connectivity index (χ0v) is 15.4. The van der Waals surface area contributed by atoms with Gasteiger partial charge in [-0.15, -0.1) is 0 Å². The van der Waals surface area contributed by atoms with E-state index in [1.165, 1.54) is 14.2 Å². The van der Waals surface area contributed by atoms with Crippen molar-refractivity contribution in [1.29, 1.82) is 0 Å². The lowest BCUT2D eigenvalue weighted by Crippen LogP contribution is -2.27. The number of hydrogen-bond donors (Lipinski definition) is 3. The van der Waals surface area contributed by atoms with E-state index < -0.39 is 25.2 Å². The molecule has 3 N–H and O–H groups in total. The predicted octanol–water partition coefficient (Wildman–Crippen LogP) is 1.31. The lowest BCUT2D eigenvalue weighted by atomic mass is 10.2. The Kier molecular flexibility index (Phi) is 5.24. The van der Waals surface area contributed by atoms with Crippen LogP contribution in [0.2, 0.25) is 0 Å². The largest absolute Gasteiger partial charge is 0.386 e. The lowest BCUT2D eigenvalue weighted by Gasteiger charge is -2.20. The highest BCUT2D eigenvalue weighted by atomic mass is 32.7. The fourth-order valence-electron chi connectivity index (χ4n) is 2.80. The van der Waals surface area contributed by atoms with Gasteiger partial charge in [0.05, 0.1) is 12.0 Å². The molecule has 1 fully saturated rings. The van der Waals surface area contributed by atoms with E-state index in [1.54, 1.807) is 16.8 Å². The number of thiol groups is 1. The molecule has 1 aliphatic heterocycles. The summed E-state index contributed by atoms with van der Waals surface area (Å²) in [6.45, 7) is -3.26. The quantitative estimate of drug-likeness (QED) is 0.497. The number of nitrogens with zero attached hydrogens (tertiary/aromatic N) is 2. The Bertz CT molecular complexity index is 870. The molecule has 1 aliphatic rings. The first-order valence-electron chi connectivity index (χ1n) is 7.42. The molecular formula is C13H19N4O6PS. The second-order valence-electron chi connectivity index (χ2n) is 5.53. The van der Waals surface area contributed by atoms with Crippen LogP contribution in [-0.2, 0) is 23.1 Å². The molecule has 2 aromatic rings. The number of H-pyrrole nitrogens is 1. The van der Waals surface area contributed by atoms with Crippen molar-refractivity contribution >= 4 is 36.0 Å². The number of aromatic nitrogens is 3. The summed E-state index contributed by atoms with van der Waals surface area (Å²) in [6.07, 6.45) is 0.481. The first-order valence-corrected chi connectivity index (χ1v) is 10.1. The lowest BCUT2D eigenvalue weighted by molar-refractivity contribution is -0.0490. The highest BCUT2D eigenvalue weighted by molar-refractivity contribution is 8.44. The number of nitrogen functional groups attached to an aromatic ring is 1. The fraction of sp³-hybridized carbons (Fsp3) is 0.538. The molecule has 0 spiro atoms. The Balaban J connectivity index is 1.91. The van der Waals surface area contributed by atoms with Gasteiger partial charge in [-0.25, -0.2) is 4.57 Å². The molecule has 0 bridgehead atoms. The minimum absolute atomic E-state index is 0.0101. The van der Waals surface area contributed by atoms with Crippen LogP contribution in [0.25, 0.3) is 11.0 Å². The molecule has 4 atom stereocenters. The predicted molar refractivity (Wildman–Crippen MR) is 93.6 cm³/mol. The van der Waals surface area contributed by atoms with Crippen LogP contribution < -0.4 is 11.3 Å². The van der Waals surface area contributed by atoms with Gasteiger partial charge in [0.25, 0.3) is 5.56 Å². The van der Waals surface area contributed by atoms with Gasteiger partial charge in [-0.05, 0) is 6.07 Å². The number of anilines is 1. The molecule has 0 saturated carbocycles. The zero-order valence-electron chi connectivity index (χ0n) is 13.6. The average Bonchev–Trinajstić information content (AvgIpc) is 3.12. The average molecular weight is 390 g/mol. The maximum Gasteiger partial charge on any atom is 0.386 e. The van der Waals surface area contributed by atoms with Crippen molar-refractivity contribution in [3.63, 3.8) is 0 Å². The summed E-state index contributed by atoms with van der Waals surface area (Å²) < 4.78 is 35.0. The summed E-state index contributed by atoms with van der Waals surface area (Å²) >= 11 is 3.89. The Morgan fingerprint density at radius 3 is 3.00 bits per heavy atom. The molecule has 10 nitrogen and oxygen atoms in total. The number of ether oxygens (including phenoxy) is 2. The van der Waals surface area contributed by atoms with E-state index in [9.17, 15) is 9.36 Å². The SMILES string of the molecule is COC[C@H]1O[C@@H](n2ccc3c(=O)[nH]c(N)nc32)CC1OP(=O)(S)OC. The molecule has 3 heterocycles. The zero-order chi connectivity index (χ0) is 18.2. The molecule has 0 radical (unpaired) electrons. The number of fused-ring (bicyclic) bond motifs is 1. The van der Waals surface area contributed by atoms with Crippen molar-refractivity contribution < 1.29 is 23.1 Å². The highest BCUT2D eigenvalue weighted by Gasteiger charge is 2.41. The smallest absolute Gasteiger partial charge is 0.382 e. The standard InChI is InChI=1S/C13H19N4O6PS/c1-20-6-9-8(23-24(19,25)21-2)5-10(22-9)17-4-3-7-11(17)15-13(14)16-12(7)18/h3-4,8-10H,5-6H2,1-2H3,(H,19,25)(H3,14,15,16,18)/t8?,9-,10-,24?/m1/s1. The van der Waals surface area contributed by atoms with E-state index >= 15 is 0 Å². The molecule has 3 rings (SSSR count). The highest BCUT2D eigenvalue weighted by Crippen LogP contribution is 2.55. The summed E-state index contributed by atoms with van der Waals surface area (Å²) in [5, 5.41) is 0.391.